The fraction of sp³-hybridized carbons (Fsp3) is 0.348. The number of carbonyl (C=O) groups excluding carboxylic acids is 1. The Kier molecular flexibility index (Phi) is 6.09. The van der Waals surface area contributed by atoms with Crippen LogP contribution in [0, 0.1) is 0 Å². The summed E-state index contributed by atoms with van der Waals surface area (Å²) >= 11 is 0. The van der Waals surface area contributed by atoms with Gasteiger partial charge in [-0.1, -0.05) is 6.08 Å². The number of piperazine rings is 1. The third-order valence-corrected chi connectivity index (χ3v) is 5.91. The number of nitrogens with zero attached hydrogens (tertiary/aromatic N) is 7. The maximum Gasteiger partial charge on any atom is 0.253 e. The summed E-state index contributed by atoms with van der Waals surface area (Å²) in [5, 5.41) is 7.63. The number of nitrogens with one attached hydrogen (secondary N) is 1. The minimum absolute atomic E-state index is 0.0572. The fourth-order valence-electron chi connectivity index (χ4n) is 4.04. The maximum absolute atomic E-state index is 12.9. The van der Waals surface area contributed by atoms with Crippen molar-refractivity contribution in [3.05, 3.63) is 54.1 Å². The van der Waals surface area contributed by atoms with E-state index in [-0.39, 0.29) is 5.91 Å². The summed E-state index contributed by atoms with van der Waals surface area (Å²) in [6.45, 7) is 5.47. The van der Waals surface area contributed by atoms with Crippen molar-refractivity contribution >= 4 is 34.8 Å². The highest BCUT2D eigenvalue weighted by atomic mass is 16.5. The van der Waals surface area contributed by atoms with Gasteiger partial charge in [0.05, 0.1) is 25.0 Å². The van der Waals surface area contributed by atoms with Gasteiger partial charge in [-0.05, 0) is 24.3 Å². The summed E-state index contributed by atoms with van der Waals surface area (Å²) in [4.78, 5) is 30.3. The van der Waals surface area contributed by atoms with E-state index < -0.39 is 0 Å². The van der Waals surface area contributed by atoms with Crippen LogP contribution in [-0.2, 0) is 4.74 Å². The van der Waals surface area contributed by atoms with E-state index >= 15 is 0 Å². The summed E-state index contributed by atoms with van der Waals surface area (Å²) in [5.41, 5.74) is 3.95. The van der Waals surface area contributed by atoms with Crippen molar-refractivity contribution in [3.63, 3.8) is 0 Å². The van der Waals surface area contributed by atoms with Crippen LogP contribution in [0.15, 0.2) is 47.9 Å². The number of ether oxygens (including phenoxy) is 1. The molecular weight excluding hydrogens is 420 g/mol. The molecule has 2 aromatic heterocycles. The first kappa shape index (κ1) is 21.2. The van der Waals surface area contributed by atoms with Crippen LogP contribution in [0.1, 0.15) is 16.1 Å². The number of hydrogen-bond donors (Lipinski definition) is 1. The Bertz CT molecular complexity index is 1190. The predicted molar refractivity (Wildman–Crippen MR) is 126 cm³/mol. The number of methoxy groups -OCH3 is 1. The number of aromatic nitrogens is 4. The van der Waals surface area contributed by atoms with Crippen molar-refractivity contribution in [2.45, 2.75) is 0 Å². The predicted octanol–water partition coefficient (Wildman–Crippen LogP) is 1.74. The highest BCUT2D eigenvalue weighted by molar-refractivity contribution is 6.11. The Hall–Kier alpha value is -3.63. The molecule has 0 radical (unpaired) electrons. The van der Waals surface area contributed by atoms with Crippen molar-refractivity contribution in [3.8, 4) is 0 Å². The molecule has 1 aromatic carbocycles. The van der Waals surface area contributed by atoms with Crippen molar-refractivity contribution in [2.24, 2.45) is 4.99 Å². The summed E-state index contributed by atoms with van der Waals surface area (Å²) in [6, 6.07) is 7.46. The lowest BCUT2D eigenvalue weighted by atomic mass is 10.1. The standard InChI is InChI=1S/C23H26N8O2/c1-33-13-12-29-8-10-30(11-9-29)23(32)17-2-4-19(5-3-17)28-21-22-26-16-27-31(22)20(15-25-21)18-6-7-24-14-18/h2-6,14-16H,7-13H2,1H3,(H,25,28). The van der Waals surface area contributed by atoms with Gasteiger partial charge in [-0.15, -0.1) is 0 Å². The molecule has 2 aliphatic heterocycles. The second-order valence-corrected chi connectivity index (χ2v) is 7.97. The number of rotatable bonds is 7. The maximum atomic E-state index is 12.9. The van der Waals surface area contributed by atoms with Gasteiger partial charge in [0.15, 0.2) is 11.5 Å². The first-order valence-corrected chi connectivity index (χ1v) is 11.0. The van der Waals surface area contributed by atoms with Gasteiger partial charge < -0.3 is 15.0 Å². The normalized spacial score (nSPS) is 16.4. The molecule has 2 aliphatic rings. The summed E-state index contributed by atoms with van der Waals surface area (Å²) < 4.78 is 6.89. The van der Waals surface area contributed by atoms with Crippen LogP contribution in [0.2, 0.25) is 0 Å². The van der Waals surface area contributed by atoms with Crippen LogP contribution < -0.4 is 5.32 Å². The summed E-state index contributed by atoms with van der Waals surface area (Å²) in [5.74, 6) is 0.653. The number of amides is 1. The van der Waals surface area contributed by atoms with Gasteiger partial charge in [0.25, 0.3) is 5.91 Å². The molecule has 3 aromatic rings. The van der Waals surface area contributed by atoms with E-state index in [0.29, 0.717) is 30.2 Å². The van der Waals surface area contributed by atoms with E-state index in [0.717, 1.165) is 49.7 Å². The quantitative estimate of drug-likeness (QED) is 0.590. The Labute approximate surface area is 191 Å². The molecule has 0 atom stereocenters. The zero-order valence-corrected chi connectivity index (χ0v) is 18.5. The minimum Gasteiger partial charge on any atom is -0.383 e. The monoisotopic (exact) mass is 446 g/mol. The molecule has 4 heterocycles. The number of benzene rings is 1. The van der Waals surface area contributed by atoms with Gasteiger partial charge in [0.1, 0.15) is 6.33 Å². The van der Waals surface area contributed by atoms with Gasteiger partial charge in [0.2, 0.25) is 0 Å². The van der Waals surface area contributed by atoms with E-state index in [1.54, 1.807) is 17.8 Å². The highest BCUT2D eigenvalue weighted by Crippen LogP contribution is 2.23. The van der Waals surface area contributed by atoms with Gasteiger partial charge >= 0.3 is 0 Å². The molecule has 1 N–H and O–H groups in total. The molecule has 1 fully saturated rings. The van der Waals surface area contributed by atoms with E-state index in [2.05, 4.69) is 30.3 Å². The lowest BCUT2D eigenvalue weighted by Gasteiger charge is -2.34. The molecule has 0 saturated carbocycles. The number of carbonyl (C=O) groups is 1. The number of fused-ring (bicyclic) bond motifs is 1. The Morgan fingerprint density at radius 3 is 2.67 bits per heavy atom. The molecular formula is C23H26N8O2. The number of allylic oxidation sites excluding steroid dienone is 1. The largest absolute Gasteiger partial charge is 0.383 e. The van der Waals surface area contributed by atoms with Crippen LogP contribution in [0.4, 0.5) is 11.5 Å². The van der Waals surface area contributed by atoms with Crippen molar-refractivity contribution in [1.29, 1.82) is 0 Å². The van der Waals surface area contributed by atoms with Crippen LogP contribution in [-0.4, -0.2) is 94.5 Å². The number of anilines is 2. The van der Waals surface area contributed by atoms with E-state index in [1.165, 1.54) is 6.33 Å². The van der Waals surface area contributed by atoms with Crippen molar-refractivity contribution in [2.75, 3.05) is 58.3 Å². The number of aliphatic imine (C=N–C) groups is 1. The molecule has 33 heavy (non-hydrogen) atoms. The smallest absolute Gasteiger partial charge is 0.253 e. The van der Waals surface area contributed by atoms with Gasteiger partial charge in [-0.2, -0.15) is 5.10 Å². The van der Waals surface area contributed by atoms with Crippen LogP contribution in [0.25, 0.3) is 11.2 Å². The first-order valence-electron chi connectivity index (χ1n) is 11.0. The molecule has 5 rings (SSSR count). The molecule has 0 aliphatic carbocycles. The van der Waals surface area contributed by atoms with Gasteiger partial charge in [0, 0.05) is 62.9 Å². The number of hydrogen-bond acceptors (Lipinski definition) is 8. The van der Waals surface area contributed by atoms with E-state index in [9.17, 15) is 4.79 Å². The second kappa shape index (κ2) is 9.47. The Balaban J connectivity index is 1.26. The van der Waals surface area contributed by atoms with Gasteiger partial charge in [-0.25, -0.2) is 14.5 Å². The molecule has 1 amide bonds. The molecule has 1 saturated heterocycles. The average molecular weight is 447 g/mol. The Morgan fingerprint density at radius 2 is 1.94 bits per heavy atom. The van der Waals surface area contributed by atoms with Crippen molar-refractivity contribution in [1.82, 2.24) is 29.4 Å². The lowest BCUT2D eigenvalue weighted by molar-refractivity contribution is 0.0594. The topological polar surface area (TPSA) is 100 Å². The highest BCUT2D eigenvalue weighted by Gasteiger charge is 2.22. The summed E-state index contributed by atoms with van der Waals surface area (Å²) in [7, 11) is 1.71. The molecule has 10 nitrogen and oxygen atoms in total. The molecule has 0 unspecified atom stereocenters. The zero-order chi connectivity index (χ0) is 22.6. The zero-order valence-electron chi connectivity index (χ0n) is 18.5. The Morgan fingerprint density at radius 1 is 1.12 bits per heavy atom. The first-order chi connectivity index (χ1) is 16.2. The third-order valence-electron chi connectivity index (χ3n) is 5.91. The van der Waals surface area contributed by atoms with E-state index in [4.69, 9.17) is 4.74 Å². The summed E-state index contributed by atoms with van der Waals surface area (Å²) in [6.07, 6.45) is 7.12. The van der Waals surface area contributed by atoms with Crippen LogP contribution in [0.5, 0.6) is 0 Å². The average Bonchev–Trinajstić information content (AvgIpc) is 3.56. The molecule has 170 valence electrons. The lowest BCUT2D eigenvalue weighted by Crippen LogP contribution is -2.49. The molecule has 0 bridgehead atoms. The molecule has 0 spiro atoms. The third kappa shape index (κ3) is 4.48. The minimum atomic E-state index is 0.0572. The van der Waals surface area contributed by atoms with Crippen LogP contribution in [0.3, 0.4) is 0 Å². The fourth-order valence-corrected chi connectivity index (χ4v) is 4.04. The molecule has 10 heteroatoms. The SMILES string of the molecule is COCCN1CCN(C(=O)c2ccc(Nc3ncc(C4=CCN=C4)n4ncnc34)cc2)CC1. The van der Waals surface area contributed by atoms with E-state index in [1.807, 2.05) is 41.5 Å². The second-order valence-electron chi connectivity index (χ2n) is 7.97. The van der Waals surface area contributed by atoms with Crippen LogP contribution >= 0.6 is 0 Å². The van der Waals surface area contributed by atoms with Crippen molar-refractivity contribution < 1.29 is 9.53 Å². The van der Waals surface area contributed by atoms with Gasteiger partial charge in [-0.3, -0.25) is 14.7 Å².